The first-order chi connectivity index (χ1) is 4.66. The first-order valence-corrected chi connectivity index (χ1v) is 3.68. The van der Waals surface area contributed by atoms with Crippen LogP contribution in [-0.4, -0.2) is 18.5 Å². The predicted molar refractivity (Wildman–Crippen MR) is 41.6 cm³/mol. The second kappa shape index (κ2) is 5.23. The number of hydrogen-bond acceptors (Lipinski definition) is 2. The van der Waals surface area contributed by atoms with Crippen LogP contribution in [0.25, 0.3) is 0 Å². The van der Waals surface area contributed by atoms with Crippen LogP contribution in [0.15, 0.2) is 0 Å². The third-order valence-corrected chi connectivity index (χ3v) is 1.25. The molecule has 60 valence electrons. The van der Waals surface area contributed by atoms with Crippen molar-refractivity contribution < 1.29 is 4.79 Å². The average Bonchev–Trinajstić information content (AvgIpc) is 1.82. The Balaban J connectivity index is 3.25. The Hall–Kier alpha value is -0.570. The predicted octanol–water partition coefficient (Wildman–Crippen LogP) is 0.250. The lowest BCUT2D eigenvalue weighted by molar-refractivity contribution is -0.118. The highest BCUT2D eigenvalue weighted by atomic mass is 16.1. The highest BCUT2D eigenvalue weighted by Crippen LogP contribution is 1.88. The van der Waals surface area contributed by atoms with Crippen LogP contribution >= 0.6 is 0 Å². The SMILES string of the molecule is CCCNC(C)CC(N)=O. The molecular weight excluding hydrogens is 128 g/mol. The molecule has 3 N–H and O–H groups in total. The molecule has 3 nitrogen and oxygen atoms in total. The van der Waals surface area contributed by atoms with E-state index in [4.69, 9.17) is 5.73 Å². The van der Waals surface area contributed by atoms with Crippen molar-refractivity contribution in [3.63, 3.8) is 0 Å². The molecule has 0 saturated carbocycles. The van der Waals surface area contributed by atoms with E-state index in [1.54, 1.807) is 0 Å². The van der Waals surface area contributed by atoms with E-state index in [0.717, 1.165) is 13.0 Å². The van der Waals surface area contributed by atoms with Gasteiger partial charge in [0.2, 0.25) is 5.91 Å². The number of primary amides is 1. The third-order valence-electron chi connectivity index (χ3n) is 1.25. The zero-order chi connectivity index (χ0) is 7.98. The van der Waals surface area contributed by atoms with Gasteiger partial charge in [-0.2, -0.15) is 0 Å². The van der Waals surface area contributed by atoms with E-state index < -0.39 is 0 Å². The summed E-state index contributed by atoms with van der Waals surface area (Å²) in [4.78, 5) is 10.4. The Kier molecular flexibility index (Phi) is 4.94. The quantitative estimate of drug-likeness (QED) is 0.581. The van der Waals surface area contributed by atoms with E-state index in [2.05, 4.69) is 12.2 Å². The van der Waals surface area contributed by atoms with Gasteiger partial charge in [0.05, 0.1) is 0 Å². The molecule has 0 saturated heterocycles. The fourth-order valence-corrected chi connectivity index (χ4v) is 0.765. The van der Waals surface area contributed by atoms with Crippen LogP contribution in [0.2, 0.25) is 0 Å². The normalized spacial score (nSPS) is 13.0. The number of nitrogens with two attached hydrogens (primary N) is 1. The maximum Gasteiger partial charge on any atom is 0.218 e. The zero-order valence-electron chi connectivity index (χ0n) is 6.68. The maximum atomic E-state index is 10.4. The molecule has 0 aromatic carbocycles. The van der Waals surface area contributed by atoms with Crippen LogP contribution in [0.3, 0.4) is 0 Å². The number of amides is 1. The molecule has 0 aliphatic carbocycles. The fourth-order valence-electron chi connectivity index (χ4n) is 0.765. The smallest absolute Gasteiger partial charge is 0.218 e. The molecule has 1 amide bonds. The summed E-state index contributed by atoms with van der Waals surface area (Å²) < 4.78 is 0. The number of carbonyl (C=O) groups excluding carboxylic acids is 1. The Morgan fingerprint density at radius 2 is 2.30 bits per heavy atom. The standard InChI is InChI=1S/C7H16N2O/c1-3-4-9-6(2)5-7(8)10/h6,9H,3-5H2,1-2H3,(H2,8,10). The lowest BCUT2D eigenvalue weighted by Gasteiger charge is -2.09. The highest BCUT2D eigenvalue weighted by molar-refractivity contribution is 5.74. The van der Waals surface area contributed by atoms with Gasteiger partial charge in [-0.05, 0) is 19.9 Å². The molecular formula is C7H16N2O. The van der Waals surface area contributed by atoms with Gasteiger partial charge in [-0.25, -0.2) is 0 Å². The molecule has 0 aliphatic rings. The maximum absolute atomic E-state index is 10.4. The second-order valence-corrected chi connectivity index (χ2v) is 2.53. The lowest BCUT2D eigenvalue weighted by atomic mass is 10.2. The summed E-state index contributed by atoms with van der Waals surface area (Å²) in [6.45, 7) is 5.00. The molecule has 3 heteroatoms. The van der Waals surface area contributed by atoms with Crippen molar-refractivity contribution in [2.45, 2.75) is 32.7 Å². The molecule has 10 heavy (non-hydrogen) atoms. The molecule has 1 unspecified atom stereocenters. The average molecular weight is 144 g/mol. The molecule has 0 spiro atoms. The monoisotopic (exact) mass is 144 g/mol. The second-order valence-electron chi connectivity index (χ2n) is 2.53. The first kappa shape index (κ1) is 9.43. The lowest BCUT2D eigenvalue weighted by Crippen LogP contribution is -2.31. The Morgan fingerprint density at radius 3 is 2.70 bits per heavy atom. The fraction of sp³-hybridized carbons (Fsp3) is 0.857. The van der Waals surface area contributed by atoms with Gasteiger partial charge in [0.1, 0.15) is 0 Å². The summed E-state index contributed by atoms with van der Waals surface area (Å²) in [7, 11) is 0. The number of rotatable bonds is 5. The summed E-state index contributed by atoms with van der Waals surface area (Å²) >= 11 is 0. The minimum absolute atomic E-state index is 0.220. The molecule has 0 fully saturated rings. The van der Waals surface area contributed by atoms with E-state index in [1.165, 1.54) is 0 Å². The molecule has 0 aliphatic heterocycles. The van der Waals surface area contributed by atoms with Gasteiger partial charge < -0.3 is 11.1 Å². The molecule has 0 aromatic heterocycles. The topological polar surface area (TPSA) is 55.1 Å². The summed E-state index contributed by atoms with van der Waals surface area (Å²) in [5.74, 6) is -0.240. The van der Waals surface area contributed by atoms with Gasteiger partial charge in [-0.15, -0.1) is 0 Å². The van der Waals surface area contributed by atoms with Crippen molar-refractivity contribution >= 4 is 5.91 Å². The highest BCUT2D eigenvalue weighted by Gasteiger charge is 2.02. The molecule has 0 bridgehead atoms. The minimum Gasteiger partial charge on any atom is -0.370 e. The van der Waals surface area contributed by atoms with Crippen LogP contribution in [0.1, 0.15) is 26.7 Å². The van der Waals surface area contributed by atoms with Crippen molar-refractivity contribution in [1.29, 1.82) is 0 Å². The van der Waals surface area contributed by atoms with Crippen LogP contribution in [-0.2, 0) is 4.79 Å². The van der Waals surface area contributed by atoms with Gasteiger partial charge in [0, 0.05) is 12.5 Å². The van der Waals surface area contributed by atoms with Gasteiger partial charge in [0.25, 0.3) is 0 Å². The summed E-state index contributed by atoms with van der Waals surface area (Å²) in [5, 5.41) is 3.16. The van der Waals surface area contributed by atoms with Crippen molar-refractivity contribution in [3.05, 3.63) is 0 Å². The van der Waals surface area contributed by atoms with Crippen molar-refractivity contribution in [1.82, 2.24) is 5.32 Å². The molecule has 1 atom stereocenters. The van der Waals surface area contributed by atoms with E-state index in [0.29, 0.717) is 6.42 Å². The molecule has 0 rings (SSSR count). The van der Waals surface area contributed by atoms with E-state index in [9.17, 15) is 4.79 Å². The largest absolute Gasteiger partial charge is 0.370 e. The van der Waals surface area contributed by atoms with Gasteiger partial charge in [-0.3, -0.25) is 4.79 Å². The van der Waals surface area contributed by atoms with E-state index >= 15 is 0 Å². The van der Waals surface area contributed by atoms with Crippen LogP contribution in [0.4, 0.5) is 0 Å². The molecule has 0 heterocycles. The van der Waals surface area contributed by atoms with Crippen molar-refractivity contribution in [2.24, 2.45) is 5.73 Å². The third kappa shape index (κ3) is 5.56. The number of hydrogen-bond donors (Lipinski definition) is 2. The van der Waals surface area contributed by atoms with Crippen molar-refractivity contribution in [3.8, 4) is 0 Å². The Morgan fingerprint density at radius 1 is 1.70 bits per heavy atom. The van der Waals surface area contributed by atoms with Crippen molar-refractivity contribution in [2.75, 3.05) is 6.54 Å². The zero-order valence-corrected chi connectivity index (χ0v) is 6.68. The number of carbonyl (C=O) groups is 1. The van der Waals surface area contributed by atoms with E-state index in [1.807, 2.05) is 6.92 Å². The molecule has 0 radical (unpaired) electrons. The van der Waals surface area contributed by atoms with Crippen LogP contribution in [0.5, 0.6) is 0 Å². The summed E-state index contributed by atoms with van der Waals surface area (Å²) in [5.41, 5.74) is 4.99. The van der Waals surface area contributed by atoms with Crippen LogP contribution in [0, 0.1) is 0 Å². The number of nitrogens with one attached hydrogen (secondary N) is 1. The Labute approximate surface area is 62.0 Å². The van der Waals surface area contributed by atoms with E-state index in [-0.39, 0.29) is 11.9 Å². The van der Waals surface area contributed by atoms with Gasteiger partial charge in [0.15, 0.2) is 0 Å². The summed E-state index contributed by atoms with van der Waals surface area (Å²) in [6, 6.07) is 0.220. The molecule has 0 aromatic rings. The Bertz CT molecular complexity index is 104. The first-order valence-electron chi connectivity index (χ1n) is 3.68. The summed E-state index contributed by atoms with van der Waals surface area (Å²) in [6.07, 6.45) is 1.52. The minimum atomic E-state index is -0.240. The van der Waals surface area contributed by atoms with Gasteiger partial charge in [-0.1, -0.05) is 6.92 Å². The van der Waals surface area contributed by atoms with Gasteiger partial charge >= 0.3 is 0 Å². The van der Waals surface area contributed by atoms with Crippen LogP contribution < -0.4 is 11.1 Å².